The Morgan fingerprint density at radius 3 is 1.73 bits per heavy atom. The van der Waals surface area contributed by atoms with E-state index in [4.69, 9.17) is 4.74 Å². The Morgan fingerprint density at radius 2 is 1.22 bits per heavy atom. The number of rotatable bonds is 14. The molecule has 2 aromatic rings. The quantitative estimate of drug-likeness (QED) is 0.336. The second-order valence-corrected chi connectivity index (χ2v) is 10.0. The summed E-state index contributed by atoms with van der Waals surface area (Å²) in [7, 11) is 0. The first kappa shape index (κ1) is 29.5. The van der Waals surface area contributed by atoms with E-state index in [0.29, 0.717) is 25.5 Å². The average molecular weight is 510 g/mol. The van der Waals surface area contributed by atoms with Gasteiger partial charge in [0.05, 0.1) is 6.04 Å². The van der Waals surface area contributed by atoms with Crippen molar-refractivity contribution in [3.63, 3.8) is 0 Å². The molecule has 0 aliphatic rings. The summed E-state index contributed by atoms with van der Waals surface area (Å²) in [6.07, 6.45) is 1.08. The highest BCUT2D eigenvalue weighted by atomic mass is 16.5. The summed E-state index contributed by atoms with van der Waals surface area (Å²) in [4.78, 5) is 50.4. The molecule has 8 heteroatoms. The van der Waals surface area contributed by atoms with Crippen molar-refractivity contribution in [1.29, 1.82) is 0 Å². The Bertz CT molecular complexity index is 995. The normalized spacial score (nSPS) is 13.4. The van der Waals surface area contributed by atoms with Gasteiger partial charge in [0, 0.05) is 0 Å². The molecule has 3 atom stereocenters. The molecule has 8 nitrogen and oxygen atoms in total. The van der Waals surface area contributed by atoms with Crippen LogP contribution in [0, 0.1) is 11.8 Å². The first-order valence-electron chi connectivity index (χ1n) is 12.7. The van der Waals surface area contributed by atoms with E-state index in [9.17, 15) is 19.2 Å². The predicted molar refractivity (Wildman–Crippen MR) is 143 cm³/mol. The summed E-state index contributed by atoms with van der Waals surface area (Å²) in [5, 5.41) is 8.18. The third-order valence-electron chi connectivity index (χ3n) is 5.66. The third-order valence-corrected chi connectivity index (χ3v) is 5.66. The molecule has 200 valence electrons. The number of ether oxygens (including phenoxy) is 1. The summed E-state index contributed by atoms with van der Waals surface area (Å²) >= 11 is 0. The molecule has 37 heavy (non-hydrogen) atoms. The molecule has 0 fully saturated rings. The van der Waals surface area contributed by atoms with Crippen LogP contribution in [0.4, 0.5) is 4.79 Å². The molecule has 1 unspecified atom stereocenters. The van der Waals surface area contributed by atoms with Gasteiger partial charge in [-0.1, -0.05) is 88.4 Å². The molecule has 2 rings (SSSR count). The van der Waals surface area contributed by atoms with Crippen LogP contribution in [0.15, 0.2) is 60.7 Å². The summed E-state index contributed by atoms with van der Waals surface area (Å²) in [6, 6.07) is 16.2. The minimum atomic E-state index is -0.878. The molecule has 2 aromatic carbocycles. The second-order valence-electron chi connectivity index (χ2n) is 10.0. The smallest absolute Gasteiger partial charge is 0.408 e. The van der Waals surface area contributed by atoms with Crippen molar-refractivity contribution in [3.05, 3.63) is 71.8 Å². The largest absolute Gasteiger partial charge is 0.445 e. The summed E-state index contributed by atoms with van der Waals surface area (Å²) in [5.41, 5.74) is 1.75. The number of aldehydes is 1. The maximum atomic E-state index is 13.2. The van der Waals surface area contributed by atoms with E-state index in [1.807, 2.05) is 88.4 Å². The summed E-state index contributed by atoms with van der Waals surface area (Å²) in [6.45, 7) is 7.84. The van der Waals surface area contributed by atoms with Crippen molar-refractivity contribution >= 4 is 24.2 Å². The molecule has 0 aromatic heterocycles. The number of benzene rings is 2. The van der Waals surface area contributed by atoms with Crippen LogP contribution >= 0.6 is 0 Å². The minimum Gasteiger partial charge on any atom is -0.445 e. The average Bonchev–Trinajstić information content (AvgIpc) is 2.86. The Morgan fingerprint density at radius 1 is 0.730 bits per heavy atom. The fraction of sp³-hybridized carbons (Fsp3) is 0.448. The van der Waals surface area contributed by atoms with Gasteiger partial charge in [0.1, 0.15) is 25.0 Å². The van der Waals surface area contributed by atoms with Crippen molar-refractivity contribution in [2.24, 2.45) is 11.8 Å². The molecule has 0 saturated heterocycles. The van der Waals surface area contributed by atoms with Crippen LogP contribution in [-0.4, -0.2) is 42.3 Å². The molecule has 3 N–H and O–H groups in total. The zero-order chi connectivity index (χ0) is 27.2. The lowest BCUT2D eigenvalue weighted by Crippen LogP contribution is -2.55. The van der Waals surface area contributed by atoms with Crippen LogP contribution in [0.3, 0.4) is 0 Å². The summed E-state index contributed by atoms with van der Waals surface area (Å²) < 4.78 is 5.28. The van der Waals surface area contributed by atoms with Gasteiger partial charge in [0.25, 0.3) is 0 Å². The number of carbonyl (C=O) groups is 4. The van der Waals surface area contributed by atoms with Crippen LogP contribution < -0.4 is 16.0 Å². The SMILES string of the molecule is CC(C)C[C@H](NC(=O)OCc1ccccc1)C(=O)N[C@@H](CC(C)C)C(=O)NC(C=O)Cc1ccccc1. The number of hydrogen-bond acceptors (Lipinski definition) is 5. The maximum Gasteiger partial charge on any atom is 0.408 e. The lowest BCUT2D eigenvalue weighted by Gasteiger charge is -2.26. The Balaban J connectivity index is 2.04. The fourth-order valence-corrected chi connectivity index (χ4v) is 3.87. The van der Waals surface area contributed by atoms with Gasteiger partial charge < -0.3 is 25.5 Å². The number of carbonyl (C=O) groups excluding carboxylic acids is 4. The topological polar surface area (TPSA) is 114 Å². The number of hydrogen-bond donors (Lipinski definition) is 3. The van der Waals surface area contributed by atoms with Gasteiger partial charge in [0.15, 0.2) is 0 Å². The van der Waals surface area contributed by atoms with Gasteiger partial charge in [-0.25, -0.2) is 4.79 Å². The second kappa shape index (κ2) is 15.4. The van der Waals surface area contributed by atoms with Crippen LogP contribution in [0.25, 0.3) is 0 Å². The number of alkyl carbamates (subject to hydrolysis) is 1. The van der Waals surface area contributed by atoms with Gasteiger partial charge in [-0.05, 0) is 42.2 Å². The van der Waals surface area contributed by atoms with Gasteiger partial charge in [0.2, 0.25) is 11.8 Å². The van der Waals surface area contributed by atoms with E-state index in [2.05, 4.69) is 16.0 Å². The van der Waals surface area contributed by atoms with Gasteiger partial charge in [-0.2, -0.15) is 0 Å². The summed E-state index contributed by atoms with van der Waals surface area (Å²) in [5.74, 6) is -0.707. The van der Waals surface area contributed by atoms with Crippen molar-refractivity contribution in [3.8, 4) is 0 Å². The van der Waals surface area contributed by atoms with Gasteiger partial charge in [-0.3, -0.25) is 9.59 Å². The highest BCUT2D eigenvalue weighted by molar-refractivity contribution is 5.92. The van der Waals surface area contributed by atoms with Crippen molar-refractivity contribution in [2.45, 2.75) is 71.7 Å². The Labute approximate surface area is 219 Å². The predicted octanol–water partition coefficient (Wildman–Crippen LogP) is 3.78. The molecule has 3 amide bonds. The molecule has 0 heterocycles. The Kier molecular flexibility index (Phi) is 12.3. The van der Waals surface area contributed by atoms with E-state index in [1.54, 1.807) is 0 Å². The lowest BCUT2D eigenvalue weighted by molar-refractivity contribution is -0.131. The molecular formula is C29H39N3O5. The first-order valence-corrected chi connectivity index (χ1v) is 12.7. The zero-order valence-electron chi connectivity index (χ0n) is 22.1. The molecule has 0 saturated carbocycles. The van der Waals surface area contributed by atoms with E-state index in [-0.39, 0.29) is 18.4 Å². The van der Waals surface area contributed by atoms with E-state index < -0.39 is 36.0 Å². The molecule has 0 aliphatic heterocycles. The zero-order valence-corrected chi connectivity index (χ0v) is 22.1. The minimum absolute atomic E-state index is 0.0789. The van der Waals surface area contributed by atoms with Gasteiger partial charge in [-0.15, -0.1) is 0 Å². The standard InChI is InChI=1S/C29H39N3O5/c1-20(2)15-25(27(34)30-24(18-33)17-22-11-7-5-8-12-22)31-28(35)26(16-21(3)4)32-29(36)37-19-23-13-9-6-10-14-23/h5-14,18,20-21,24-26H,15-17,19H2,1-4H3,(H,30,34)(H,31,35)(H,32,36)/t24?,25-,26-/m0/s1. The van der Waals surface area contributed by atoms with Crippen LogP contribution in [-0.2, 0) is 32.1 Å². The fourth-order valence-electron chi connectivity index (χ4n) is 3.87. The maximum absolute atomic E-state index is 13.2. The van der Waals surface area contributed by atoms with E-state index in [0.717, 1.165) is 11.1 Å². The van der Waals surface area contributed by atoms with Crippen molar-refractivity contribution < 1.29 is 23.9 Å². The highest BCUT2D eigenvalue weighted by Crippen LogP contribution is 2.11. The van der Waals surface area contributed by atoms with Crippen LogP contribution in [0.5, 0.6) is 0 Å². The molecule has 0 aliphatic carbocycles. The molecule has 0 spiro atoms. The monoisotopic (exact) mass is 509 g/mol. The molecule has 0 bridgehead atoms. The first-order chi connectivity index (χ1) is 17.7. The van der Waals surface area contributed by atoms with Crippen LogP contribution in [0.1, 0.15) is 51.7 Å². The van der Waals surface area contributed by atoms with Crippen molar-refractivity contribution in [1.82, 2.24) is 16.0 Å². The van der Waals surface area contributed by atoms with E-state index >= 15 is 0 Å². The molecular weight excluding hydrogens is 470 g/mol. The number of nitrogens with one attached hydrogen (secondary N) is 3. The third kappa shape index (κ3) is 11.3. The lowest BCUT2D eigenvalue weighted by atomic mass is 9.99. The Hall–Kier alpha value is -3.68. The van der Waals surface area contributed by atoms with Crippen LogP contribution in [0.2, 0.25) is 0 Å². The highest BCUT2D eigenvalue weighted by Gasteiger charge is 2.29. The van der Waals surface area contributed by atoms with Crippen molar-refractivity contribution in [2.75, 3.05) is 0 Å². The number of amides is 3. The van der Waals surface area contributed by atoms with E-state index in [1.165, 1.54) is 0 Å². The van der Waals surface area contributed by atoms with Gasteiger partial charge >= 0.3 is 6.09 Å². The molecule has 0 radical (unpaired) electrons.